The molecule has 0 unspecified atom stereocenters. The number of thiophene rings is 1. The summed E-state index contributed by atoms with van der Waals surface area (Å²) in [7, 11) is 0. The third kappa shape index (κ3) is 3.60. The van der Waals surface area contributed by atoms with Crippen molar-refractivity contribution in [1.29, 1.82) is 0 Å². The lowest BCUT2D eigenvalue weighted by atomic mass is 10.1. The Bertz CT molecular complexity index is 1020. The number of hydrogen-bond acceptors (Lipinski definition) is 6. The maximum atomic E-state index is 12.2. The highest BCUT2D eigenvalue weighted by molar-refractivity contribution is 7.99. The first-order valence-corrected chi connectivity index (χ1v) is 9.91. The van der Waals surface area contributed by atoms with Gasteiger partial charge in [0.05, 0.1) is 11.4 Å². The summed E-state index contributed by atoms with van der Waals surface area (Å²) in [6, 6.07) is 12.7. The van der Waals surface area contributed by atoms with Crippen LogP contribution in [0.5, 0.6) is 0 Å². The quantitative estimate of drug-likeness (QED) is 0.327. The Kier molecular flexibility index (Phi) is 4.92. The Morgan fingerprint density at radius 1 is 1.15 bits per heavy atom. The maximum Gasteiger partial charge on any atom is 0.277 e. The van der Waals surface area contributed by atoms with Crippen molar-refractivity contribution < 1.29 is 9.21 Å². The van der Waals surface area contributed by atoms with Crippen molar-refractivity contribution in [3.63, 3.8) is 0 Å². The molecule has 0 aliphatic rings. The smallest absolute Gasteiger partial charge is 0.277 e. The van der Waals surface area contributed by atoms with Crippen molar-refractivity contribution in [2.45, 2.75) is 5.22 Å². The first-order chi connectivity index (χ1) is 12.7. The number of carbonyl (C=O) groups excluding carboxylic acids is 1. The zero-order chi connectivity index (χ0) is 17.9. The minimum Gasteiger partial charge on any atom is -0.410 e. The highest BCUT2D eigenvalue weighted by Gasteiger charge is 2.16. The van der Waals surface area contributed by atoms with Gasteiger partial charge in [-0.05, 0) is 47.8 Å². The van der Waals surface area contributed by atoms with E-state index in [-0.39, 0.29) is 11.5 Å². The van der Waals surface area contributed by atoms with Crippen molar-refractivity contribution in [2.75, 3.05) is 5.75 Å². The molecule has 0 N–H and O–H groups in total. The average molecular weight is 402 g/mol. The molecule has 0 spiro atoms. The van der Waals surface area contributed by atoms with Crippen LogP contribution in [0.25, 0.3) is 16.5 Å². The van der Waals surface area contributed by atoms with Gasteiger partial charge in [0, 0.05) is 23.0 Å². The van der Waals surface area contributed by atoms with Crippen LogP contribution >= 0.6 is 34.7 Å². The van der Waals surface area contributed by atoms with E-state index in [0.29, 0.717) is 21.7 Å². The van der Waals surface area contributed by atoms with Gasteiger partial charge in [-0.2, -0.15) is 0 Å². The molecular formula is C18H12ClN3O2S2. The first-order valence-electron chi connectivity index (χ1n) is 7.67. The lowest BCUT2D eigenvalue weighted by Crippen LogP contribution is -2.01. The van der Waals surface area contributed by atoms with Crippen molar-refractivity contribution in [3.8, 4) is 16.5 Å². The monoisotopic (exact) mass is 401 g/mol. The molecule has 3 heterocycles. The molecule has 0 amide bonds. The summed E-state index contributed by atoms with van der Waals surface area (Å²) in [5.74, 6) is 0.652. The molecule has 0 bridgehead atoms. The summed E-state index contributed by atoms with van der Waals surface area (Å²) in [6.45, 7) is 0. The van der Waals surface area contributed by atoms with Crippen LogP contribution in [-0.2, 0) is 0 Å². The van der Waals surface area contributed by atoms with Gasteiger partial charge in [0.1, 0.15) is 4.88 Å². The number of carbonyl (C=O) groups is 1. The second kappa shape index (κ2) is 7.49. The molecule has 8 heteroatoms. The molecule has 0 saturated carbocycles. The van der Waals surface area contributed by atoms with Crippen molar-refractivity contribution >= 4 is 40.5 Å². The third-order valence-corrected chi connectivity index (χ3v) is 5.58. The van der Waals surface area contributed by atoms with Gasteiger partial charge in [-0.3, -0.25) is 4.79 Å². The topological polar surface area (TPSA) is 60.9 Å². The lowest BCUT2D eigenvalue weighted by Gasteiger charge is -2.01. The van der Waals surface area contributed by atoms with Crippen molar-refractivity contribution in [2.24, 2.45) is 0 Å². The van der Waals surface area contributed by atoms with Crippen LogP contribution in [0.4, 0.5) is 0 Å². The number of benzene rings is 1. The fourth-order valence-electron chi connectivity index (χ4n) is 2.37. The van der Waals surface area contributed by atoms with Gasteiger partial charge in [0.25, 0.3) is 11.1 Å². The predicted molar refractivity (Wildman–Crippen MR) is 103 cm³/mol. The van der Waals surface area contributed by atoms with E-state index in [1.807, 2.05) is 40.5 Å². The second-order valence-corrected chi connectivity index (χ2v) is 7.60. The molecular weight excluding hydrogens is 390 g/mol. The van der Waals surface area contributed by atoms with Crippen LogP contribution in [0.2, 0.25) is 5.02 Å². The Labute approximate surface area is 162 Å². The van der Waals surface area contributed by atoms with Crippen LogP contribution in [0.15, 0.2) is 69.9 Å². The lowest BCUT2D eigenvalue weighted by molar-refractivity contribution is 0.102. The largest absolute Gasteiger partial charge is 0.410 e. The fourth-order valence-corrected chi connectivity index (χ4v) is 3.96. The summed E-state index contributed by atoms with van der Waals surface area (Å²) in [5.41, 5.74) is 1.59. The molecule has 0 saturated heterocycles. The van der Waals surface area contributed by atoms with Gasteiger partial charge in [-0.15, -0.1) is 21.5 Å². The number of hydrogen-bond donors (Lipinski definition) is 0. The van der Waals surface area contributed by atoms with Crippen LogP contribution in [-0.4, -0.2) is 26.3 Å². The molecule has 4 rings (SSSR count). The maximum absolute atomic E-state index is 12.2. The zero-order valence-electron chi connectivity index (χ0n) is 13.3. The fraction of sp³-hybridized carbons (Fsp3) is 0.0556. The van der Waals surface area contributed by atoms with Crippen LogP contribution in [0.3, 0.4) is 0 Å². The van der Waals surface area contributed by atoms with E-state index in [0.717, 1.165) is 10.6 Å². The highest BCUT2D eigenvalue weighted by atomic mass is 35.5. The summed E-state index contributed by atoms with van der Waals surface area (Å²) in [5, 5.41) is 11.1. The minimum absolute atomic E-state index is 0.0180. The number of aromatic nitrogens is 3. The Morgan fingerprint density at radius 3 is 2.69 bits per heavy atom. The summed E-state index contributed by atoms with van der Waals surface area (Å²) in [4.78, 5) is 13.1. The van der Waals surface area contributed by atoms with E-state index in [1.54, 1.807) is 24.3 Å². The van der Waals surface area contributed by atoms with Crippen LogP contribution < -0.4 is 0 Å². The molecule has 130 valence electrons. The SMILES string of the molecule is O=C(CSc1nnc(-c2sccc2-n2cccc2)o1)c1ccc(Cl)cc1. The molecule has 1 aromatic carbocycles. The van der Waals surface area contributed by atoms with Gasteiger partial charge in [0.15, 0.2) is 5.78 Å². The normalized spacial score (nSPS) is 11.0. The number of thioether (sulfide) groups is 1. The molecule has 0 aliphatic heterocycles. The number of ketones is 1. The van der Waals surface area contributed by atoms with Gasteiger partial charge in [-0.1, -0.05) is 23.4 Å². The molecule has 4 aromatic rings. The van der Waals surface area contributed by atoms with Gasteiger partial charge in [-0.25, -0.2) is 0 Å². The minimum atomic E-state index is -0.0180. The number of halogens is 1. The van der Waals surface area contributed by atoms with Crippen LogP contribution in [0.1, 0.15) is 10.4 Å². The second-order valence-electron chi connectivity index (χ2n) is 5.32. The first kappa shape index (κ1) is 17.1. The predicted octanol–water partition coefficient (Wildman–Crippen LogP) is 5.22. The number of rotatable bonds is 6. The Hall–Kier alpha value is -2.35. The van der Waals surface area contributed by atoms with E-state index >= 15 is 0 Å². The van der Waals surface area contributed by atoms with E-state index in [1.165, 1.54) is 23.1 Å². The molecule has 0 radical (unpaired) electrons. The van der Waals surface area contributed by atoms with Gasteiger partial charge < -0.3 is 8.98 Å². The molecule has 0 atom stereocenters. The van der Waals surface area contributed by atoms with E-state index < -0.39 is 0 Å². The molecule has 26 heavy (non-hydrogen) atoms. The van der Waals surface area contributed by atoms with E-state index in [9.17, 15) is 4.79 Å². The Morgan fingerprint density at radius 2 is 1.92 bits per heavy atom. The van der Waals surface area contributed by atoms with E-state index in [4.69, 9.17) is 16.0 Å². The van der Waals surface area contributed by atoms with E-state index in [2.05, 4.69) is 10.2 Å². The average Bonchev–Trinajstić information content (AvgIpc) is 3.40. The van der Waals surface area contributed by atoms with Crippen molar-refractivity contribution in [3.05, 3.63) is 70.8 Å². The number of Topliss-reactive ketones (excluding diaryl/α,β-unsaturated/α-hetero) is 1. The zero-order valence-corrected chi connectivity index (χ0v) is 15.7. The summed E-state index contributed by atoms with van der Waals surface area (Å²) >= 11 is 8.60. The van der Waals surface area contributed by atoms with Gasteiger partial charge >= 0.3 is 0 Å². The van der Waals surface area contributed by atoms with Crippen molar-refractivity contribution in [1.82, 2.24) is 14.8 Å². The summed E-state index contributed by atoms with van der Waals surface area (Å²) < 4.78 is 7.73. The van der Waals surface area contributed by atoms with Crippen LogP contribution in [0, 0.1) is 0 Å². The summed E-state index contributed by atoms with van der Waals surface area (Å²) in [6.07, 6.45) is 3.92. The van der Waals surface area contributed by atoms with Gasteiger partial charge in [0.2, 0.25) is 0 Å². The molecule has 0 aliphatic carbocycles. The molecule has 5 nitrogen and oxygen atoms in total. The molecule has 3 aromatic heterocycles. The molecule has 0 fully saturated rings. The third-order valence-electron chi connectivity index (χ3n) is 3.62. The number of nitrogens with zero attached hydrogens (tertiary/aromatic N) is 3. The Balaban J connectivity index is 1.47. The highest BCUT2D eigenvalue weighted by Crippen LogP contribution is 2.33. The standard InChI is InChI=1S/C18H12ClN3O2S2/c19-13-5-3-12(4-6-13)15(23)11-26-18-21-20-17(24-18)16-14(7-10-25-16)22-8-1-2-9-22/h1-10H,11H2.